The molecule has 17 nitrogen and oxygen atoms in total. The Balaban J connectivity index is 5.25. The van der Waals surface area contributed by atoms with Crippen LogP contribution in [0, 0.1) is 17.8 Å². The first-order valence-electron chi connectivity index (χ1n) is 43.7. The van der Waals surface area contributed by atoms with E-state index >= 15 is 0 Å². The number of hydrogen-bond donors (Lipinski definition) is 3. The van der Waals surface area contributed by atoms with Gasteiger partial charge in [0, 0.05) is 25.7 Å². The van der Waals surface area contributed by atoms with Gasteiger partial charge in [-0.25, -0.2) is 9.13 Å². The molecule has 0 aromatic carbocycles. The third-order valence-electron chi connectivity index (χ3n) is 20.2. The zero-order valence-electron chi connectivity index (χ0n) is 68.7. The first-order valence-corrected chi connectivity index (χ1v) is 46.7. The number of ether oxygens (including phenoxy) is 4. The minimum absolute atomic E-state index is 0.0842. The van der Waals surface area contributed by atoms with Crippen LogP contribution >= 0.6 is 15.6 Å². The largest absolute Gasteiger partial charge is 0.472 e. The fraction of sp³-hybridized carbons (Fsp3) is 0.907. The van der Waals surface area contributed by atoms with Gasteiger partial charge in [-0.05, 0) is 69.1 Å². The molecule has 620 valence electrons. The van der Waals surface area contributed by atoms with Crippen LogP contribution in [0.25, 0.3) is 0 Å². The molecule has 0 fully saturated rings. The molecule has 3 N–H and O–H groups in total. The molecule has 105 heavy (non-hydrogen) atoms. The van der Waals surface area contributed by atoms with Gasteiger partial charge in [-0.15, -0.1) is 0 Å². The number of phosphoric ester groups is 2. The molecular weight excluding hydrogens is 1370 g/mol. The van der Waals surface area contributed by atoms with Crippen molar-refractivity contribution in [2.75, 3.05) is 39.6 Å². The topological polar surface area (TPSA) is 237 Å². The molecule has 0 saturated heterocycles. The SMILES string of the molecule is CCCCCC/C=C\C=C/CCCCCCCC(=O)O[C@H](COC(=O)CCCCCCCCC(C)CC)COP(=O)(O)OC[C@H](O)COP(=O)(O)OC[C@@H](COC(=O)CCCCCCCCCCCCCCCCCCCCC(C)CC)OC(=O)CCCCCCCCCCCCCCCCCC(C)C. The van der Waals surface area contributed by atoms with Gasteiger partial charge in [0.25, 0.3) is 0 Å². The van der Waals surface area contributed by atoms with Gasteiger partial charge < -0.3 is 33.8 Å². The zero-order valence-corrected chi connectivity index (χ0v) is 70.5. The smallest absolute Gasteiger partial charge is 0.462 e. The van der Waals surface area contributed by atoms with Crippen molar-refractivity contribution >= 4 is 39.5 Å². The van der Waals surface area contributed by atoms with E-state index in [0.29, 0.717) is 25.7 Å². The van der Waals surface area contributed by atoms with Gasteiger partial charge in [-0.1, -0.05) is 375 Å². The van der Waals surface area contributed by atoms with Crippen LogP contribution in [0.5, 0.6) is 0 Å². The summed E-state index contributed by atoms with van der Waals surface area (Å²) in [4.78, 5) is 73.2. The van der Waals surface area contributed by atoms with Crippen LogP contribution in [0.15, 0.2) is 24.3 Å². The molecule has 0 spiro atoms. The third-order valence-corrected chi connectivity index (χ3v) is 22.1. The van der Waals surface area contributed by atoms with Crippen molar-refractivity contribution in [1.82, 2.24) is 0 Å². The van der Waals surface area contributed by atoms with Crippen LogP contribution in [-0.4, -0.2) is 96.7 Å². The predicted octanol–water partition coefficient (Wildman–Crippen LogP) is 25.6. The summed E-state index contributed by atoms with van der Waals surface area (Å²) in [6.45, 7) is 12.0. The van der Waals surface area contributed by atoms with Crippen LogP contribution in [-0.2, 0) is 65.4 Å². The molecule has 4 unspecified atom stereocenters. The Kier molecular flexibility index (Phi) is 73.8. The maximum absolute atomic E-state index is 13.1. The monoisotopic (exact) mass is 1530 g/mol. The number of carbonyl (C=O) groups excluding carboxylic acids is 4. The lowest BCUT2D eigenvalue weighted by atomic mass is 9.99. The summed E-state index contributed by atoms with van der Waals surface area (Å²) in [5.74, 6) is 0.264. The molecule has 0 rings (SSSR count). The molecule has 0 bridgehead atoms. The van der Waals surface area contributed by atoms with Crippen molar-refractivity contribution < 1.29 is 80.2 Å². The van der Waals surface area contributed by atoms with Crippen LogP contribution < -0.4 is 0 Å². The Morgan fingerprint density at radius 2 is 0.562 bits per heavy atom. The molecule has 19 heteroatoms. The molecular formula is C86H164O17P2. The van der Waals surface area contributed by atoms with Gasteiger partial charge in [-0.3, -0.25) is 37.3 Å². The highest BCUT2D eigenvalue weighted by Gasteiger charge is 2.30. The van der Waals surface area contributed by atoms with E-state index in [4.69, 9.17) is 37.0 Å². The second kappa shape index (κ2) is 75.6. The Morgan fingerprint density at radius 3 is 0.848 bits per heavy atom. The normalized spacial score (nSPS) is 14.5. The second-order valence-corrected chi connectivity index (χ2v) is 34.1. The number of hydrogen-bond acceptors (Lipinski definition) is 15. The minimum atomic E-state index is -4.97. The van der Waals surface area contributed by atoms with Gasteiger partial charge in [0.2, 0.25) is 0 Å². The van der Waals surface area contributed by atoms with Crippen LogP contribution in [0.2, 0.25) is 0 Å². The third kappa shape index (κ3) is 76.7. The van der Waals surface area contributed by atoms with E-state index in [0.717, 1.165) is 127 Å². The average molecular weight is 1530 g/mol. The molecule has 0 amide bonds. The van der Waals surface area contributed by atoms with E-state index in [1.807, 2.05) is 0 Å². The standard InChI is InChI=1S/C86H164O17P2/c1-8-11-12-13-14-15-16-17-23-31-36-41-46-55-62-70-86(91)103-82(74-97-84(89)68-61-54-49-48-52-59-66-79(7)10-3)76-101-105(94,95)99-72-80(87)71-98-104(92,93)100-75-81(102-85(90)69-63-56-47-42-37-32-27-22-24-28-33-38-43-50-57-64-77(4)5)73-96-83(88)67-60-53-45-40-35-30-26-21-19-18-20-25-29-34-39-44-51-58-65-78(6)9-2/h15-17,23,77-82,87H,8-14,18-22,24-76H2,1-7H3,(H,92,93)(H,94,95)/b16-15-,23-17-/t78?,79?,80-,81-,82-/m1/s1. The zero-order chi connectivity index (χ0) is 77.2. The summed E-state index contributed by atoms with van der Waals surface area (Å²) >= 11 is 0. The van der Waals surface area contributed by atoms with Gasteiger partial charge in [0.05, 0.1) is 26.4 Å². The first kappa shape index (κ1) is 103. The Hall–Kier alpha value is -2.46. The van der Waals surface area contributed by atoms with Crippen LogP contribution in [0.4, 0.5) is 0 Å². The summed E-state index contributed by atoms with van der Waals surface area (Å²) in [7, 11) is -9.94. The van der Waals surface area contributed by atoms with Crippen molar-refractivity contribution in [3.8, 4) is 0 Å². The van der Waals surface area contributed by atoms with Gasteiger partial charge >= 0.3 is 39.5 Å². The number of unbranched alkanes of at least 4 members (excludes halogenated alkanes) is 45. The molecule has 0 radical (unpaired) electrons. The van der Waals surface area contributed by atoms with Crippen molar-refractivity contribution in [2.45, 2.75) is 446 Å². The van der Waals surface area contributed by atoms with Crippen LogP contribution in [0.3, 0.4) is 0 Å². The number of esters is 4. The van der Waals surface area contributed by atoms with E-state index in [9.17, 15) is 43.2 Å². The minimum Gasteiger partial charge on any atom is -0.462 e. The maximum atomic E-state index is 13.1. The Bertz CT molecular complexity index is 2130. The lowest BCUT2D eigenvalue weighted by Crippen LogP contribution is -2.30. The van der Waals surface area contributed by atoms with Crippen molar-refractivity contribution in [3.63, 3.8) is 0 Å². The second-order valence-electron chi connectivity index (χ2n) is 31.2. The molecule has 0 aliphatic rings. The Labute approximate surface area is 643 Å². The van der Waals surface area contributed by atoms with E-state index in [1.54, 1.807) is 0 Å². The summed E-state index contributed by atoms with van der Waals surface area (Å²) in [6.07, 6.45) is 68.9. The van der Waals surface area contributed by atoms with Crippen molar-refractivity contribution in [2.24, 2.45) is 17.8 Å². The molecule has 0 heterocycles. The molecule has 7 atom stereocenters. The highest BCUT2D eigenvalue weighted by atomic mass is 31.2. The number of aliphatic hydroxyl groups excluding tert-OH is 1. The quantitative estimate of drug-likeness (QED) is 0.0169. The number of allylic oxidation sites excluding steroid dienone is 4. The first-order chi connectivity index (χ1) is 50.8. The lowest BCUT2D eigenvalue weighted by molar-refractivity contribution is -0.161. The number of phosphoric acid groups is 2. The molecule has 0 aromatic rings. The van der Waals surface area contributed by atoms with Gasteiger partial charge in [-0.2, -0.15) is 0 Å². The number of carbonyl (C=O) groups is 4. The molecule has 0 aromatic heterocycles. The van der Waals surface area contributed by atoms with Gasteiger partial charge in [0.15, 0.2) is 12.2 Å². The fourth-order valence-electron chi connectivity index (χ4n) is 12.8. The number of aliphatic hydroxyl groups is 1. The molecule has 0 aliphatic heterocycles. The van der Waals surface area contributed by atoms with Gasteiger partial charge in [0.1, 0.15) is 19.3 Å². The predicted molar refractivity (Wildman–Crippen MR) is 432 cm³/mol. The maximum Gasteiger partial charge on any atom is 0.472 e. The van der Waals surface area contributed by atoms with E-state index in [1.165, 1.54) is 218 Å². The van der Waals surface area contributed by atoms with Crippen LogP contribution in [0.1, 0.15) is 427 Å². The lowest BCUT2D eigenvalue weighted by Gasteiger charge is -2.21. The summed E-state index contributed by atoms with van der Waals surface area (Å²) in [5, 5.41) is 10.7. The summed E-state index contributed by atoms with van der Waals surface area (Å²) < 4.78 is 68.8. The highest BCUT2D eigenvalue weighted by molar-refractivity contribution is 7.47. The van der Waals surface area contributed by atoms with Crippen molar-refractivity contribution in [1.29, 1.82) is 0 Å². The van der Waals surface area contributed by atoms with E-state index in [2.05, 4.69) is 72.8 Å². The molecule has 0 aliphatic carbocycles. The van der Waals surface area contributed by atoms with Crippen molar-refractivity contribution in [3.05, 3.63) is 24.3 Å². The molecule has 0 saturated carbocycles. The number of rotatable bonds is 82. The van der Waals surface area contributed by atoms with E-state index in [-0.39, 0.29) is 25.7 Å². The van der Waals surface area contributed by atoms with E-state index < -0.39 is 97.5 Å². The summed E-state index contributed by atoms with van der Waals surface area (Å²) in [6, 6.07) is 0. The fourth-order valence-corrected chi connectivity index (χ4v) is 14.3. The Morgan fingerprint density at radius 1 is 0.314 bits per heavy atom. The average Bonchev–Trinajstić information content (AvgIpc) is 0.926. The summed E-state index contributed by atoms with van der Waals surface area (Å²) in [5.41, 5.74) is 0. The highest BCUT2D eigenvalue weighted by Crippen LogP contribution is 2.45.